The molecule has 2 amide bonds. The fraction of sp³-hybridized carbons (Fsp3) is 0.182. The van der Waals surface area contributed by atoms with E-state index < -0.39 is 6.03 Å². The lowest BCUT2D eigenvalue weighted by Crippen LogP contribution is -2.19. The van der Waals surface area contributed by atoms with Crippen molar-refractivity contribution in [3.05, 3.63) is 29.8 Å². The zero-order valence-electron chi connectivity index (χ0n) is 8.09. The Morgan fingerprint density at radius 3 is 2.60 bits per heavy atom. The van der Waals surface area contributed by atoms with Crippen molar-refractivity contribution in [3.8, 4) is 11.8 Å². The number of alkyl halides is 1. The number of anilines is 1. The smallest absolute Gasteiger partial charge is 0.316 e. The van der Waals surface area contributed by atoms with Crippen molar-refractivity contribution in [2.24, 2.45) is 5.73 Å². The molecule has 3 N–H and O–H groups in total. The molecule has 0 bridgehead atoms. The molecule has 0 aliphatic heterocycles. The molecule has 0 aromatic heterocycles. The number of urea groups is 1. The van der Waals surface area contributed by atoms with Crippen LogP contribution >= 0.6 is 11.6 Å². The summed E-state index contributed by atoms with van der Waals surface area (Å²) in [5.74, 6) is 6.40. The molecule has 0 unspecified atom stereocenters. The number of benzene rings is 1. The lowest BCUT2D eigenvalue weighted by atomic mass is 10.2. The first-order chi connectivity index (χ1) is 7.22. The highest BCUT2D eigenvalue weighted by atomic mass is 35.5. The summed E-state index contributed by atoms with van der Waals surface area (Å²) >= 11 is 5.49. The van der Waals surface area contributed by atoms with Crippen LogP contribution in [0.5, 0.6) is 0 Å². The van der Waals surface area contributed by atoms with Gasteiger partial charge in [-0.25, -0.2) is 4.79 Å². The highest BCUT2D eigenvalue weighted by Crippen LogP contribution is 2.08. The number of amides is 2. The number of primary amides is 1. The first-order valence-electron chi connectivity index (χ1n) is 4.43. The lowest BCUT2D eigenvalue weighted by Gasteiger charge is -2.00. The number of hydrogen-bond donors (Lipinski definition) is 2. The monoisotopic (exact) mass is 222 g/mol. The standard InChI is InChI=1S/C11H11ClN2O/c12-8-2-1-3-9-4-6-10(7-5-9)14-11(13)15/h4-7H,2,8H2,(H3,13,14,15). The van der Waals surface area contributed by atoms with Gasteiger partial charge < -0.3 is 11.1 Å². The van der Waals surface area contributed by atoms with Gasteiger partial charge in [-0.2, -0.15) is 0 Å². The Hall–Kier alpha value is -1.66. The Balaban J connectivity index is 2.65. The molecule has 0 heterocycles. The maximum atomic E-state index is 10.5. The van der Waals surface area contributed by atoms with Gasteiger partial charge >= 0.3 is 6.03 Å². The predicted octanol–water partition coefficient (Wildman–Crippen LogP) is 2.16. The van der Waals surface area contributed by atoms with Crippen LogP contribution in [0.4, 0.5) is 10.5 Å². The van der Waals surface area contributed by atoms with Crippen LogP contribution in [-0.4, -0.2) is 11.9 Å². The average molecular weight is 223 g/mol. The van der Waals surface area contributed by atoms with E-state index in [0.29, 0.717) is 18.0 Å². The van der Waals surface area contributed by atoms with Gasteiger partial charge in [-0.15, -0.1) is 11.6 Å². The molecular formula is C11H11ClN2O. The number of halogens is 1. The summed E-state index contributed by atoms with van der Waals surface area (Å²) in [4.78, 5) is 10.5. The second kappa shape index (κ2) is 5.94. The van der Waals surface area contributed by atoms with E-state index in [1.165, 1.54) is 0 Å². The third-order valence-corrected chi connectivity index (χ3v) is 1.79. The molecule has 0 aliphatic rings. The fourth-order valence-electron chi connectivity index (χ4n) is 0.991. The van der Waals surface area contributed by atoms with Crippen LogP contribution in [0, 0.1) is 11.8 Å². The largest absolute Gasteiger partial charge is 0.351 e. The molecule has 0 saturated heterocycles. The molecule has 0 atom stereocenters. The zero-order valence-corrected chi connectivity index (χ0v) is 8.84. The minimum atomic E-state index is -0.573. The molecule has 0 saturated carbocycles. The summed E-state index contributed by atoms with van der Waals surface area (Å²) in [6, 6.07) is 6.54. The topological polar surface area (TPSA) is 55.1 Å². The Morgan fingerprint density at radius 2 is 2.07 bits per heavy atom. The van der Waals surface area contributed by atoms with Crippen molar-refractivity contribution in [3.63, 3.8) is 0 Å². The SMILES string of the molecule is NC(=O)Nc1ccc(C#CCCCl)cc1. The molecule has 0 aliphatic carbocycles. The van der Waals surface area contributed by atoms with E-state index in [0.717, 1.165) is 5.56 Å². The van der Waals surface area contributed by atoms with Crippen molar-refractivity contribution in [1.82, 2.24) is 0 Å². The summed E-state index contributed by atoms with van der Waals surface area (Å²) in [6.07, 6.45) is 0.669. The Labute approximate surface area is 93.6 Å². The van der Waals surface area contributed by atoms with Crippen LogP contribution in [0.15, 0.2) is 24.3 Å². The molecule has 4 heteroatoms. The minimum Gasteiger partial charge on any atom is -0.351 e. The van der Waals surface area contributed by atoms with Crippen molar-refractivity contribution in [1.29, 1.82) is 0 Å². The number of hydrogen-bond acceptors (Lipinski definition) is 1. The van der Waals surface area contributed by atoms with Crippen LogP contribution in [-0.2, 0) is 0 Å². The molecule has 0 spiro atoms. The molecule has 1 rings (SSSR count). The van der Waals surface area contributed by atoms with E-state index in [9.17, 15) is 4.79 Å². The van der Waals surface area contributed by atoms with Crippen molar-refractivity contribution in [2.75, 3.05) is 11.2 Å². The summed E-state index contributed by atoms with van der Waals surface area (Å²) in [7, 11) is 0. The van der Waals surface area contributed by atoms with Gasteiger partial charge in [-0.1, -0.05) is 11.8 Å². The molecule has 0 fully saturated rings. The van der Waals surface area contributed by atoms with Gasteiger partial charge in [0.1, 0.15) is 0 Å². The minimum absolute atomic E-state index is 0.536. The zero-order chi connectivity index (χ0) is 11.1. The molecule has 1 aromatic rings. The molecule has 78 valence electrons. The lowest BCUT2D eigenvalue weighted by molar-refractivity contribution is 0.259. The predicted molar refractivity (Wildman–Crippen MR) is 61.9 cm³/mol. The van der Waals surface area contributed by atoms with Crippen LogP contribution in [0.2, 0.25) is 0 Å². The van der Waals surface area contributed by atoms with Crippen LogP contribution in [0.1, 0.15) is 12.0 Å². The van der Waals surface area contributed by atoms with Gasteiger partial charge in [0, 0.05) is 23.6 Å². The maximum Gasteiger partial charge on any atom is 0.316 e. The quantitative estimate of drug-likeness (QED) is 0.585. The highest BCUT2D eigenvalue weighted by molar-refractivity contribution is 6.18. The van der Waals surface area contributed by atoms with Crippen LogP contribution in [0.25, 0.3) is 0 Å². The average Bonchev–Trinajstić information content (AvgIpc) is 2.20. The Bertz CT molecular complexity index is 389. The molecule has 3 nitrogen and oxygen atoms in total. The Kier molecular flexibility index (Phi) is 4.52. The third-order valence-electron chi connectivity index (χ3n) is 1.60. The normalized spacial score (nSPS) is 8.87. The van der Waals surface area contributed by atoms with Gasteiger partial charge in [-0.05, 0) is 24.3 Å². The molecule has 0 radical (unpaired) electrons. The summed E-state index contributed by atoms with van der Waals surface area (Å²) in [5.41, 5.74) is 6.51. The number of carbonyl (C=O) groups is 1. The summed E-state index contributed by atoms with van der Waals surface area (Å²) in [5, 5.41) is 2.47. The first kappa shape index (κ1) is 11.4. The summed E-state index contributed by atoms with van der Waals surface area (Å²) in [6.45, 7) is 0. The first-order valence-corrected chi connectivity index (χ1v) is 4.97. The van der Waals surface area contributed by atoms with Gasteiger partial charge in [0.25, 0.3) is 0 Å². The number of nitrogens with two attached hydrogens (primary N) is 1. The molecule has 1 aromatic carbocycles. The van der Waals surface area contributed by atoms with E-state index in [-0.39, 0.29) is 0 Å². The number of carbonyl (C=O) groups excluding carboxylic acids is 1. The van der Waals surface area contributed by atoms with Gasteiger partial charge in [0.15, 0.2) is 0 Å². The third kappa shape index (κ3) is 4.39. The van der Waals surface area contributed by atoms with E-state index >= 15 is 0 Å². The van der Waals surface area contributed by atoms with Crippen molar-refractivity contribution in [2.45, 2.75) is 6.42 Å². The van der Waals surface area contributed by atoms with E-state index in [2.05, 4.69) is 17.2 Å². The van der Waals surface area contributed by atoms with E-state index in [4.69, 9.17) is 17.3 Å². The molecule has 15 heavy (non-hydrogen) atoms. The fourth-order valence-corrected chi connectivity index (χ4v) is 1.09. The number of rotatable bonds is 2. The van der Waals surface area contributed by atoms with Crippen LogP contribution < -0.4 is 11.1 Å². The summed E-state index contributed by atoms with van der Waals surface area (Å²) < 4.78 is 0. The van der Waals surface area contributed by atoms with Crippen molar-refractivity contribution < 1.29 is 4.79 Å². The molecular weight excluding hydrogens is 212 g/mol. The second-order valence-electron chi connectivity index (χ2n) is 2.81. The van der Waals surface area contributed by atoms with Gasteiger partial charge in [0.05, 0.1) is 0 Å². The van der Waals surface area contributed by atoms with Gasteiger partial charge in [-0.3, -0.25) is 0 Å². The Morgan fingerprint density at radius 1 is 1.40 bits per heavy atom. The van der Waals surface area contributed by atoms with Crippen LogP contribution in [0.3, 0.4) is 0 Å². The second-order valence-corrected chi connectivity index (χ2v) is 3.19. The van der Waals surface area contributed by atoms with Crippen molar-refractivity contribution >= 4 is 23.3 Å². The van der Waals surface area contributed by atoms with Gasteiger partial charge in [0.2, 0.25) is 0 Å². The number of nitrogens with one attached hydrogen (secondary N) is 1. The maximum absolute atomic E-state index is 10.5. The highest BCUT2D eigenvalue weighted by Gasteiger charge is 1.94. The van der Waals surface area contributed by atoms with E-state index in [1.807, 2.05) is 12.1 Å². The van der Waals surface area contributed by atoms with E-state index in [1.54, 1.807) is 12.1 Å².